The van der Waals surface area contributed by atoms with Crippen LogP contribution in [0.25, 0.3) is 10.9 Å². The van der Waals surface area contributed by atoms with Gasteiger partial charge in [-0.2, -0.15) is 0 Å². The summed E-state index contributed by atoms with van der Waals surface area (Å²) in [4.78, 5) is 30.5. The number of carbonyl (C=O) groups is 1. The van der Waals surface area contributed by atoms with Gasteiger partial charge in [0.25, 0.3) is 5.91 Å². The number of halogens is 1. The molecule has 3 N–H and O–H groups in total. The maximum absolute atomic E-state index is 13.5. The first-order chi connectivity index (χ1) is 16.4. The third-order valence-electron chi connectivity index (χ3n) is 6.60. The molecular formula is C23H28FN7O3. The maximum Gasteiger partial charge on any atom is 0.250 e. The van der Waals surface area contributed by atoms with E-state index in [4.69, 9.17) is 15.2 Å². The molecule has 0 spiro atoms. The largest absolute Gasteiger partial charge is 0.493 e. The molecule has 0 radical (unpaired) electrons. The van der Waals surface area contributed by atoms with Gasteiger partial charge >= 0.3 is 0 Å². The van der Waals surface area contributed by atoms with Gasteiger partial charge in [0.15, 0.2) is 17.5 Å². The molecule has 5 rings (SSSR count). The van der Waals surface area contributed by atoms with Crippen molar-refractivity contribution in [3.05, 3.63) is 30.2 Å². The Balaban J connectivity index is 1.28. The fourth-order valence-electron chi connectivity index (χ4n) is 4.39. The number of amides is 1. The summed E-state index contributed by atoms with van der Waals surface area (Å²) < 4.78 is 24.3. The van der Waals surface area contributed by atoms with E-state index in [1.165, 1.54) is 6.33 Å². The van der Waals surface area contributed by atoms with Crippen LogP contribution in [0.3, 0.4) is 0 Å². The van der Waals surface area contributed by atoms with Crippen LogP contribution in [-0.4, -0.2) is 78.8 Å². The third-order valence-corrected chi connectivity index (χ3v) is 6.60. The van der Waals surface area contributed by atoms with E-state index in [2.05, 4.69) is 25.2 Å². The maximum atomic E-state index is 13.5. The normalized spacial score (nSPS) is 21.6. The summed E-state index contributed by atoms with van der Waals surface area (Å²) in [6, 6.07) is 3.71. The van der Waals surface area contributed by atoms with Crippen molar-refractivity contribution in [3.63, 3.8) is 0 Å². The number of aliphatic imine (C=N–C) groups is 1. The predicted octanol–water partition coefficient (Wildman–Crippen LogP) is 1.36. The van der Waals surface area contributed by atoms with Crippen LogP contribution in [-0.2, 0) is 4.79 Å². The molecule has 180 valence electrons. The van der Waals surface area contributed by atoms with Gasteiger partial charge in [0.2, 0.25) is 0 Å². The minimum Gasteiger partial charge on any atom is -0.493 e. The van der Waals surface area contributed by atoms with Crippen LogP contribution >= 0.6 is 0 Å². The highest BCUT2D eigenvalue weighted by atomic mass is 19.1. The Labute approximate surface area is 196 Å². The number of fused-ring (bicyclic) bond motifs is 1. The second kappa shape index (κ2) is 8.62. The number of piperazine rings is 1. The molecule has 2 aliphatic carbocycles. The van der Waals surface area contributed by atoms with Gasteiger partial charge in [-0.15, -0.1) is 0 Å². The van der Waals surface area contributed by atoms with Crippen molar-refractivity contribution in [1.29, 1.82) is 0 Å². The monoisotopic (exact) mass is 469 g/mol. The Morgan fingerprint density at radius 2 is 1.88 bits per heavy atom. The summed E-state index contributed by atoms with van der Waals surface area (Å²) in [5.41, 5.74) is 6.30. The minimum absolute atomic E-state index is 0.0322. The van der Waals surface area contributed by atoms with Crippen molar-refractivity contribution in [3.8, 4) is 11.5 Å². The van der Waals surface area contributed by atoms with Crippen molar-refractivity contribution in [1.82, 2.24) is 20.2 Å². The van der Waals surface area contributed by atoms with Crippen LogP contribution in [0.15, 0.2) is 35.2 Å². The number of hydrogen-bond acceptors (Lipinski definition) is 7. The zero-order chi connectivity index (χ0) is 23.9. The number of hydrogen-bond donors (Lipinski definition) is 2. The molecule has 3 aliphatic rings. The molecule has 0 bridgehead atoms. The number of benzene rings is 1. The van der Waals surface area contributed by atoms with Gasteiger partial charge < -0.3 is 30.3 Å². The average molecular weight is 470 g/mol. The first-order valence-corrected chi connectivity index (χ1v) is 11.3. The van der Waals surface area contributed by atoms with E-state index in [0.717, 1.165) is 16.7 Å². The highest BCUT2D eigenvalue weighted by Gasteiger charge is 2.52. The smallest absolute Gasteiger partial charge is 0.250 e. The van der Waals surface area contributed by atoms with E-state index in [1.807, 2.05) is 17.0 Å². The number of nitrogens with two attached hydrogens (primary N) is 1. The van der Waals surface area contributed by atoms with Crippen molar-refractivity contribution in [2.24, 2.45) is 10.7 Å². The van der Waals surface area contributed by atoms with Crippen LogP contribution in [0.4, 0.5) is 10.2 Å². The number of anilines is 1. The molecule has 2 heterocycles. The molecule has 1 amide bonds. The summed E-state index contributed by atoms with van der Waals surface area (Å²) >= 11 is 0. The number of aromatic nitrogens is 2. The van der Waals surface area contributed by atoms with Crippen LogP contribution in [0.1, 0.15) is 19.3 Å². The molecule has 1 aromatic carbocycles. The molecule has 1 aliphatic heterocycles. The minimum atomic E-state index is -1.04. The summed E-state index contributed by atoms with van der Waals surface area (Å²) in [6.07, 6.45) is 3.90. The van der Waals surface area contributed by atoms with E-state index < -0.39 is 11.7 Å². The average Bonchev–Trinajstić information content (AvgIpc) is 3.65. The first-order valence-electron chi connectivity index (χ1n) is 11.3. The number of alkyl halides is 1. The van der Waals surface area contributed by atoms with Crippen LogP contribution < -0.4 is 25.4 Å². The van der Waals surface area contributed by atoms with Crippen molar-refractivity contribution in [2.75, 3.05) is 45.3 Å². The number of allylic oxidation sites excluding steroid dienone is 2. The number of nitrogens with one attached hydrogen (secondary N) is 1. The zero-order valence-corrected chi connectivity index (χ0v) is 19.3. The molecule has 1 saturated carbocycles. The molecule has 10 nitrogen and oxygen atoms in total. The molecule has 11 heteroatoms. The Kier molecular flexibility index (Phi) is 5.62. The topological polar surface area (TPSA) is 118 Å². The lowest BCUT2D eigenvalue weighted by atomic mass is 10.0. The summed E-state index contributed by atoms with van der Waals surface area (Å²) in [7, 11) is 3.18. The van der Waals surface area contributed by atoms with E-state index in [1.54, 1.807) is 20.3 Å². The number of ether oxygens (including phenoxy) is 2. The molecule has 1 aromatic heterocycles. The Morgan fingerprint density at radius 3 is 2.47 bits per heavy atom. The van der Waals surface area contributed by atoms with Gasteiger partial charge in [-0.1, -0.05) is 6.08 Å². The van der Waals surface area contributed by atoms with E-state index in [9.17, 15) is 9.18 Å². The zero-order valence-electron chi connectivity index (χ0n) is 19.3. The molecule has 34 heavy (non-hydrogen) atoms. The first kappa shape index (κ1) is 22.2. The van der Waals surface area contributed by atoms with Gasteiger partial charge in [0.1, 0.15) is 23.9 Å². The molecule has 0 unspecified atom stereocenters. The quantitative estimate of drug-likeness (QED) is 0.481. The van der Waals surface area contributed by atoms with E-state index in [-0.39, 0.29) is 11.9 Å². The third kappa shape index (κ3) is 3.95. The Bertz CT molecular complexity index is 1170. The Hall–Kier alpha value is -3.63. The SMILES string of the molecule is COc1cc2ncnc(N3CCN(C(=O)C4(N=C(N)NC5=CC[C@@H]5F)CC4)CC3)c2cc1OC. The lowest BCUT2D eigenvalue weighted by molar-refractivity contribution is -0.133. The molecule has 1 atom stereocenters. The summed E-state index contributed by atoms with van der Waals surface area (Å²) in [5.74, 6) is 2.07. The molecule has 2 aromatic rings. The Morgan fingerprint density at radius 1 is 1.18 bits per heavy atom. The molecule has 1 saturated heterocycles. The van der Waals surface area contributed by atoms with E-state index in [0.29, 0.717) is 62.6 Å². The predicted molar refractivity (Wildman–Crippen MR) is 126 cm³/mol. The van der Waals surface area contributed by atoms with Crippen LogP contribution in [0.2, 0.25) is 0 Å². The number of nitrogens with zero attached hydrogens (tertiary/aromatic N) is 5. The fourth-order valence-corrected chi connectivity index (χ4v) is 4.39. The number of carbonyl (C=O) groups excluding carboxylic acids is 1. The highest BCUT2D eigenvalue weighted by Crippen LogP contribution is 2.42. The van der Waals surface area contributed by atoms with Gasteiger partial charge in [-0.05, 0) is 18.9 Å². The van der Waals surface area contributed by atoms with Gasteiger partial charge in [-0.3, -0.25) is 4.79 Å². The van der Waals surface area contributed by atoms with E-state index >= 15 is 0 Å². The van der Waals surface area contributed by atoms with Crippen molar-refractivity contribution >= 4 is 28.6 Å². The highest BCUT2D eigenvalue weighted by molar-refractivity contribution is 5.94. The van der Waals surface area contributed by atoms with Gasteiger partial charge in [0.05, 0.1) is 19.7 Å². The van der Waals surface area contributed by atoms with Crippen LogP contribution in [0.5, 0.6) is 11.5 Å². The van der Waals surface area contributed by atoms with Gasteiger partial charge in [-0.25, -0.2) is 19.4 Å². The number of methoxy groups -OCH3 is 2. The number of rotatable bonds is 6. The number of guanidine groups is 1. The molecular weight excluding hydrogens is 441 g/mol. The lowest BCUT2D eigenvalue weighted by Gasteiger charge is -2.37. The lowest BCUT2D eigenvalue weighted by Crippen LogP contribution is -2.52. The van der Waals surface area contributed by atoms with Crippen LogP contribution in [0, 0.1) is 0 Å². The second-order valence-electron chi connectivity index (χ2n) is 8.72. The summed E-state index contributed by atoms with van der Waals surface area (Å²) in [6.45, 7) is 2.33. The van der Waals surface area contributed by atoms with Gasteiger partial charge in [0, 0.05) is 49.7 Å². The second-order valence-corrected chi connectivity index (χ2v) is 8.72. The standard InChI is InChI=1S/C23H28FN7O3/c1-33-18-11-14-17(12-19(18)34-2)26-13-27-20(14)30-7-9-31(10-8-30)21(32)23(5-6-23)29-22(25)28-16-4-3-15(16)24/h4,11-13,15H,3,5-10H2,1-2H3,(H3,25,28,29)/t15-/m0/s1. The fraction of sp³-hybridized carbons (Fsp3) is 0.478. The van der Waals surface area contributed by atoms with Crippen molar-refractivity contribution < 1.29 is 18.7 Å². The molecule has 2 fully saturated rings. The summed E-state index contributed by atoms with van der Waals surface area (Å²) in [5, 5.41) is 3.64. The van der Waals surface area contributed by atoms with Crippen molar-refractivity contribution in [2.45, 2.75) is 31.0 Å².